The number of amides is 2. The molecule has 0 radical (unpaired) electrons. The molecule has 2 heterocycles. The average Bonchev–Trinajstić information content (AvgIpc) is 3.09. The first-order chi connectivity index (χ1) is 11.1. The van der Waals surface area contributed by atoms with Gasteiger partial charge in [0.05, 0.1) is 6.54 Å². The van der Waals surface area contributed by atoms with Crippen molar-refractivity contribution in [1.29, 1.82) is 0 Å². The number of nitrogens with zero attached hydrogens (tertiary/aromatic N) is 3. The highest BCUT2D eigenvalue weighted by atomic mass is 16.2. The maximum Gasteiger partial charge on any atom is 0.253 e. The van der Waals surface area contributed by atoms with E-state index in [1.165, 1.54) is 0 Å². The Morgan fingerprint density at radius 1 is 0.957 bits per heavy atom. The van der Waals surface area contributed by atoms with Gasteiger partial charge in [-0.25, -0.2) is 0 Å². The van der Waals surface area contributed by atoms with Crippen molar-refractivity contribution in [1.82, 2.24) is 14.4 Å². The summed E-state index contributed by atoms with van der Waals surface area (Å²) in [6, 6.07) is 11.5. The van der Waals surface area contributed by atoms with Crippen LogP contribution in [0.25, 0.3) is 5.69 Å². The van der Waals surface area contributed by atoms with Gasteiger partial charge in [-0.2, -0.15) is 0 Å². The van der Waals surface area contributed by atoms with E-state index in [1.54, 1.807) is 0 Å². The Kier molecular flexibility index (Phi) is 4.43. The summed E-state index contributed by atoms with van der Waals surface area (Å²) in [6.45, 7) is 2.84. The van der Waals surface area contributed by atoms with Gasteiger partial charge >= 0.3 is 0 Å². The van der Waals surface area contributed by atoms with Crippen molar-refractivity contribution in [3.63, 3.8) is 0 Å². The molecule has 2 amide bonds. The highest BCUT2D eigenvalue weighted by Crippen LogP contribution is 2.13. The first kappa shape index (κ1) is 15.3. The summed E-state index contributed by atoms with van der Waals surface area (Å²) in [5, 5.41) is 0. The normalized spacial score (nSPS) is 15.6. The van der Waals surface area contributed by atoms with Gasteiger partial charge in [0.1, 0.15) is 0 Å². The predicted octanol–water partition coefficient (Wildman–Crippen LogP) is 0.720. The van der Waals surface area contributed by atoms with Gasteiger partial charge in [0.25, 0.3) is 5.91 Å². The summed E-state index contributed by atoms with van der Waals surface area (Å²) in [5.41, 5.74) is 6.91. The average molecular weight is 312 g/mol. The largest absolute Gasteiger partial charge is 0.369 e. The molecule has 6 heteroatoms. The third-order valence-electron chi connectivity index (χ3n) is 4.06. The maximum absolute atomic E-state index is 12.5. The minimum Gasteiger partial charge on any atom is -0.369 e. The number of nitrogens with two attached hydrogens (primary N) is 1. The summed E-state index contributed by atoms with van der Waals surface area (Å²) in [5.74, 6) is -0.298. The third kappa shape index (κ3) is 3.60. The summed E-state index contributed by atoms with van der Waals surface area (Å²) in [7, 11) is 0. The molecule has 0 unspecified atom stereocenters. The molecule has 1 aromatic heterocycles. The molecule has 0 bridgehead atoms. The fourth-order valence-corrected chi connectivity index (χ4v) is 2.79. The summed E-state index contributed by atoms with van der Waals surface area (Å²) in [4.78, 5) is 27.3. The Morgan fingerprint density at radius 3 is 2.13 bits per heavy atom. The number of primary amides is 1. The molecule has 2 aromatic rings. The number of hydrogen-bond donors (Lipinski definition) is 1. The molecular weight excluding hydrogens is 292 g/mol. The lowest BCUT2D eigenvalue weighted by Crippen LogP contribution is -2.50. The van der Waals surface area contributed by atoms with Crippen molar-refractivity contribution in [2.24, 2.45) is 5.73 Å². The Labute approximate surface area is 135 Å². The first-order valence-corrected chi connectivity index (χ1v) is 7.67. The molecule has 2 N–H and O–H groups in total. The van der Waals surface area contributed by atoms with Crippen LogP contribution < -0.4 is 5.73 Å². The standard InChI is InChI=1S/C17H20N4O2/c18-16(22)13-19-9-11-21(12-10-19)17(23)14-3-5-15(6-4-14)20-7-1-2-8-20/h1-8H,9-13H2,(H2,18,22). The monoisotopic (exact) mass is 312 g/mol. The Balaban J connectivity index is 1.61. The van der Waals surface area contributed by atoms with Crippen LogP contribution in [0.3, 0.4) is 0 Å². The van der Waals surface area contributed by atoms with Crippen LogP contribution in [-0.2, 0) is 4.79 Å². The van der Waals surface area contributed by atoms with Crippen LogP contribution in [0.15, 0.2) is 48.8 Å². The van der Waals surface area contributed by atoms with Crippen molar-refractivity contribution < 1.29 is 9.59 Å². The van der Waals surface area contributed by atoms with Gasteiger partial charge in [0.15, 0.2) is 0 Å². The van der Waals surface area contributed by atoms with E-state index in [0.717, 1.165) is 5.69 Å². The van der Waals surface area contributed by atoms with E-state index < -0.39 is 0 Å². The second-order valence-electron chi connectivity index (χ2n) is 5.67. The van der Waals surface area contributed by atoms with Crippen molar-refractivity contribution in [3.8, 4) is 5.69 Å². The van der Waals surface area contributed by atoms with Crippen LogP contribution in [0.5, 0.6) is 0 Å². The molecule has 0 atom stereocenters. The molecule has 0 spiro atoms. The topological polar surface area (TPSA) is 71.6 Å². The van der Waals surface area contributed by atoms with Gasteiger partial charge in [-0.1, -0.05) is 0 Å². The number of benzene rings is 1. The minimum atomic E-state index is -0.328. The number of hydrogen-bond acceptors (Lipinski definition) is 3. The zero-order chi connectivity index (χ0) is 16.2. The zero-order valence-electron chi connectivity index (χ0n) is 12.9. The van der Waals surface area contributed by atoms with E-state index in [4.69, 9.17) is 5.73 Å². The number of aromatic nitrogens is 1. The van der Waals surface area contributed by atoms with Gasteiger partial charge in [0.2, 0.25) is 5.91 Å². The van der Waals surface area contributed by atoms with Crippen molar-refractivity contribution >= 4 is 11.8 Å². The van der Waals surface area contributed by atoms with Crippen LogP contribution in [0.2, 0.25) is 0 Å². The van der Waals surface area contributed by atoms with Gasteiger partial charge in [-0.05, 0) is 36.4 Å². The number of rotatable bonds is 4. The lowest BCUT2D eigenvalue weighted by Gasteiger charge is -2.34. The predicted molar refractivity (Wildman–Crippen MR) is 87.3 cm³/mol. The fourth-order valence-electron chi connectivity index (χ4n) is 2.79. The number of piperazine rings is 1. The molecule has 0 saturated carbocycles. The van der Waals surface area contributed by atoms with Crippen LogP contribution in [-0.4, -0.2) is 58.9 Å². The van der Waals surface area contributed by atoms with Crippen LogP contribution in [0.1, 0.15) is 10.4 Å². The van der Waals surface area contributed by atoms with Crippen LogP contribution >= 0.6 is 0 Å². The Morgan fingerprint density at radius 2 is 1.57 bits per heavy atom. The molecule has 1 aromatic carbocycles. The van der Waals surface area contributed by atoms with Crippen molar-refractivity contribution in [3.05, 3.63) is 54.4 Å². The van der Waals surface area contributed by atoms with Crippen molar-refractivity contribution in [2.45, 2.75) is 0 Å². The molecule has 6 nitrogen and oxygen atoms in total. The van der Waals surface area contributed by atoms with E-state index in [0.29, 0.717) is 31.7 Å². The molecule has 3 rings (SSSR count). The Bertz CT molecular complexity index is 671. The van der Waals surface area contributed by atoms with E-state index in [-0.39, 0.29) is 18.4 Å². The van der Waals surface area contributed by atoms with E-state index in [1.807, 2.05) is 63.2 Å². The molecule has 1 saturated heterocycles. The second kappa shape index (κ2) is 6.66. The Hall–Kier alpha value is -2.60. The second-order valence-corrected chi connectivity index (χ2v) is 5.67. The highest BCUT2D eigenvalue weighted by molar-refractivity contribution is 5.94. The van der Waals surface area contributed by atoms with E-state index >= 15 is 0 Å². The van der Waals surface area contributed by atoms with E-state index in [2.05, 4.69) is 0 Å². The third-order valence-corrected chi connectivity index (χ3v) is 4.06. The maximum atomic E-state index is 12.5. The van der Waals surface area contributed by atoms with Gasteiger partial charge in [0, 0.05) is 49.8 Å². The molecule has 120 valence electrons. The molecule has 23 heavy (non-hydrogen) atoms. The lowest BCUT2D eigenvalue weighted by atomic mass is 10.1. The first-order valence-electron chi connectivity index (χ1n) is 7.67. The number of carbonyl (C=O) groups is 2. The van der Waals surface area contributed by atoms with Gasteiger partial charge in [-0.3, -0.25) is 14.5 Å². The lowest BCUT2D eigenvalue weighted by molar-refractivity contribution is -0.119. The quantitative estimate of drug-likeness (QED) is 0.904. The highest BCUT2D eigenvalue weighted by Gasteiger charge is 2.22. The summed E-state index contributed by atoms with van der Waals surface area (Å²) in [6.07, 6.45) is 3.93. The molecule has 1 fully saturated rings. The number of carbonyl (C=O) groups excluding carboxylic acids is 2. The van der Waals surface area contributed by atoms with Crippen LogP contribution in [0, 0.1) is 0 Å². The minimum absolute atomic E-state index is 0.0304. The van der Waals surface area contributed by atoms with Crippen molar-refractivity contribution in [2.75, 3.05) is 32.7 Å². The van der Waals surface area contributed by atoms with Gasteiger partial charge < -0.3 is 15.2 Å². The van der Waals surface area contributed by atoms with E-state index in [9.17, 15) is 9.59 Å². The molecule has 0 aliphatic carbocycles. The molecule has 1 aliphatic heterocycles. The summed E-state index contributed by atoms with van der Waals surface area (Å²) < 4.78 is 2.00. The zero-order valence-corrected chi connectivity index (χ0v) is 12.9. The van der Waals surface area contributed by atoms with Crippen LogP contribution in [0.4, 0.5) is 0 Å². The molecular formula is C17H20N4O2. The fraction of sp³-hybridized carbons (Fsp3) is 0.294. The van der Waals surface area contributed by atoms with Gasteiger partial charge in [-0.15, -0.1) is 0 Å². The smallest absolute Gasteiger partial charge is 0.253 e. The SMILES string of the molecule is NC(=O)CN1CCN(C(=O)c2ccc(-n3cccc3)cc2)CC1. The summed E-state index contributed by atoms with van der Waals surface area (Å²) >= 11 is 0. The molecule has 1 aliphatic rings.